The maximum Gasteiger partial charge on any atom is 0.336 e. The number of methoxy groups -OCH3 is 1. The summed E-state index contributed by atoms with van der Waals surface area (Å²) < 4.78 is 19.5. The summed E-state index contributed by atoms with van der Waals surface area (Å²) in [5.74, 6) is -2.38. The minimum atomic E-state index is -0.945. The summed E-state index contributed by atoms with van der Waals surface area (Å²) in [5.41, 5.74) is 1.58. The molecule has 0 saturated carbocycles. The van der Waals surface area contributed by atoms with Crippen LogP contribution in [0.5, 0.6) is 0 Å². The lowest BCUT2D eigenvalue weighted by molar-refractivity contribution is -0.136. The number of para-hydroxylation sites is 1. The molecule has 0 aromatic heterocycles. The summed E-state index contributed by atoms with van der Waals surface area (Å²) in [6.07, 6.45) is 0. The van der Waals surface area contributed by atoms with Gasteiger partial charge in [-0.05, 0) is 25.1 Å². The van der Waals surface area contributed by atoms with Crippen molar-refractivity contribution in [1.82, 2.24) is 5.32 Å². The van der Waals surface area contributed by atoms with E-state index in [1.165, 1.54) is 25.3 Å². The van der Waals surface area contributed by atoms with Crippen LogP contribution in [0.25, 0.3) is 0 Å². The van der Waals surface area contributed by atoms with Gasteiger partial charge >= 0.3 is 5.97 Å². The van der Waals surface area contributed by atoms with E-state index in [1.54, 1.807) is 25.1 Å². The Kier molecular flexibility index (Phi) is 7.11. The monoisotopic (exact) mass is 437 g/mol. The molecule has 8 heteroatoms. The Morgan fingerprint density at radius 2 is 1.87 bits per heavy atom. The third kappa shape index (κ3) is 4.95. The highest BCUT2D eigenvalue weighted by molar-refractivity contribution is 8.03. The number of carbonyl (C=O) groups excluding carboxylic acids is 2. The lowest BCUT2D eigenvalue weighted by atomic mass is 9.82. The van der Waals surface area contributed by atoms with Crippen LogP contribution in [-0.4, -0.2) is 24.7 Å². The molecule has 1 aliphatic rings. The normalized spacial score (nSPS) is 15.7. The van der Waals surface area contributed by atoms with Crippen LogP contribution in [-0.2, 0) is 14.3 Å². The van der Waals surface area contributed by atoms with E-state index in [0.717, 1.165) is 11.8 Å². The van der Waals surface area contributed by atoms with Crippen LogP contribution in [0.4, 0.5) is 10.1 Å². The lowest BCUT2D eigenvalue weighted by Gasteiger charge is -2.29. The highest BCUT2D eigenvalue weighted by atomic mass is 32.2. The van der Waals surface area contributed by atoms with Crippen molar-refractivity contribution >= 4 is 29.3 Å². The van der Waals surface area contributed by atoms with Gasteiger partial charge < -0.3 is 15.4 Å². The maximum absolute atomic E-state index is 14.6. The zero-order valence-electron chi connectivity index (χ0n) is 16.9. The molecule has 0 saturated heterocycles. The van der Waals surface area contributed by atoms with Gasteiger partial charge in [0.25, 0.3) is 0 Å². The summed E-state index contributed by atoms with van der Waals surface area (Å²) >= 11 is 1.11. The second-order valence-electron chi connectivity index (χ2n) is 6.67. The second-order valence-corrected chi connectivity index (χ2v) is 7.65. The minimum absolute atomic E-state index is 0.0211. The van der Waals surface area contributed by atoms with E-state index in [0.29, 0.717) is 16.4 Å². The molecule has 2 N–H and O–H groups in total. The highest BCUT2D eigenvalue weighted by Gasteiger charge is 2.36. The number of benzene rings is 2. The Morgan fingerprint density at radius 3 is 2.52 bits per heavy atom. The number of nitrogens with one attached hydrogen (secondary N) is 2. The van der Waals surface area contributed by atoms with E-state index >= 15 is 0 Å². The van der Waals surface area contributed by atoms with Crippen LogP contribution < -0.4 is 10.6 Å². The van der Waals surface area contributed by atoms with Crippen molar-refractivity contribution in [3.63, 3.8) is 0 Å². The molecule has 0 unspecified atom stereocenters. The van der Waals surface area contributed by atoms with Crippen molar-refractivity contribution in [2.45, 2.75) is 12.8 Å². The Hall–Kier alpha value is -3.57. The predicted molar refractivity (Wildman–Crippen MR) is 117 cm³/mol. The van der Waals surface area contributed by atoms with E-state index in [-0.39, 0.29) is 28.4 Å². The standard InChI is InChI=1S/C23H20FN3O3S/c1-14-20(23(29)30-2)21(16-10-6-7-11-18(16)24)17(12-25)22(26-14)31-13-19(28)27-15-8-4-3-5-9-15/h3-11,21,26H,13H2,1-2H3,(H,27,28)/t21-/m1/s1. The molecule has 1 atom stereocenters. The van der Waals surface area contributed by atoms with Gasteiger partial charge in [-0.15, -0.1) is 0 Å². The number of allylic oxidation sites excluding steroid dienone is 2. The number of hydrogen-bond donors (Lipinski definition) is 2. The largest absolute Gasteiger partial charge is 0.466 e. The molecule has 1 aliphatic heterocycles. The zero-order chi connectivity index (χ0) is 22.4. The first-order valence-electron chi connectivity index (χ1n) is 9.38. The fourth-order valence-electron chi connectivity index (χ4n) is 3.28. The summed E-state index contributed by atoms with van der Waals surface area (Å²) in [6, 6.07) is 17.1. The number of carbonyl (C=O) groups is 2. The predicted octanol–water partition coefficient (Wildman–Crippen LogP) is 4.07. The van der Waals surface area contributed by atoms with E-state index in [4.69, 9.17) is 4.74 Å². The Bertz CT molecular complexity index is 1110. The minimum Gasteiger partial charge on any atom is -0.466 e. The third-order valence-corrected chi connectivity index (χ3v) is 5.69. The molecule has 1 amide bonds. The number of dihydropyridines is 1. The third-order valence-electron chi connectivity index (χ3n) is 4.67. The summed E-state index contributed by atoms with van der Waals surface area (Å²) in [6.45, 7) is 1.65. The molecule has 6 nitrogen and oxygen atoms in total. The number of rotatable bonds is 6. The second kappa shape index (κ2) is 9.96. The van der Waals surface area contributed by atoms with Crippen LogP contribution in [0.2, 0.25) is 0 Å². The number of esters is 1. The fraction of sp³-hybridized carbons (Fsp3) is 0.174. The molecule has 0 aliphatic carbocycles. The van der Waals surface area contributed by atoms with Gasteiger partial charge in [0.1, 0.15) is 5.82 Å². The first-order valence-corrected chi connectivity index (χ1v) is 10.4. The molecule has 0 radical (unpaired) electrons. The molecule has 2 aromatic carbocycles. The maximum atomic E-state index is 14.6. The Morgan fingerprint density at radius 1 is 1.19 bits per heavy atom. The van der Waals surface area contributed by atoms with Gasteiger partial charge in [0.2, 0.25) is 5.91 Å². The van der Waals surface area contributed by atoms with E-state index < -0.39 is 17.7 Å². The first kappa shape index (κ1) is 22.1. The Labute approximate surface area is 183 Å². The van der Waals surface area contributed by atoms with Gasteiger partial charge in [0.15, 0.2) is 0 Å². The van der Waals surface area contributed by atoms with Crippen molar-refractivity contribution in [3.8, 4) is 6.07 Å². The molecule has 0 spiro atoms. The summed E-state index contributed by atoms with van der Waals surface area (Å²) in [4.78, 5) is 24.8. The van der Waals surface area contributed by atoms with Gasteiger partial charge in [-0.1, -0.05) is 48.2 Å². The molecule has 1 heterocycles. The smallest absolute Gasteiger partial charge is 0.336 e. The van der Waals surface area contributed by atoms with E-state index in [1.807, 2.05) is 18.2 Å². The quantitative estimate of drug-likeness (QED) is 0.662. The highest BCUT2D eigenvalue weighted by Crippen LogP contribution is 2.41. The Balaban J connectivity index is 1.92. The number of anilines is 1. The van der Waals surface area contributed by atoms with Gasteiger partial charge in [0.05, 0.1) is 41.0 Å². The van der Waals surface area contributed by atoms with Crippen LogP contribution in [0.15, 0.2) is 76.5 Å². The molecule has 3 rings (SSSR count). The number of nitrogens with zero attached hydrogens (tertiary/aromatic N) is 1. The van der Waals surface area contributed by atoms with Crippen LogP contribution >= 0.6 is 11.8 Å². The van der Waals surface area contributed by atoms with Crippen LogP contribution in [0.1, 0.15) is 18.4 Å². The van der Waals surface area contributed by atoms with Gasteiger partial charge in [0, 0.05) is 16.9 Å². The lowest BCUT2D eigenvalue weighted by Crippen LogP contribution is -2.29. The summed E-state index contributed by atoms with van der Waals surface area (Å²) in [5, 5.41) is 16.1. The zero-order valence-corrected chi connectivity index (χ0v) is 17.8. The van der Waals surface area contributed by atoms with Crippen molar-refractivity contribution in [2.75, 3.05) is 18.2 Å². The number of halogens is 1. The molecule has 0 fully saturated rings. The first-order chi connectivity index (χ1) is 15.0. The SMILES string of the molecule is COC(=O)C1=C(C)NC(SCC(=O)Nc2ccccc2)=C(C#N)[C@H]1c1ccccc1F. The molecular weight excluding hydrogens is 417 g/mol. The molecule has 158 valence electrons. The van der Waals surface area contributed by atoms with E-state index in [9.17, 15) is 19.2 Å². The number of ether oxygens (including phenoxy) is 1. The van der Waals surface area contributed by atoms with Crippen molar-refractivity contribution in [2.24, 2.45) is 0 Å². The van der Waals surface area contributed by atoms with Crippen LogP contribution in [0, 0.1) is 17.1 Å². The fourth-order valence-corrected chi connectivity index (χ4v) is 4.18. The van der Waals surface area contributed by atoms with Crippen molar-refractivity contribution < 1.29 is 18.7 Å². The van der Waals surface area contributed by atoms with Gasteiger partial charge in [-0.3, -0.25) is 4.79 Å². The molecule has 0 bridgehead atoms. The molecule has 2 aromatic rings. The number of hydrogen-bond acceptors (Lipinski definition) is 6. The summed E-state index contributed by atoms with van der Waals surface area (Å²) in [7, 11) is 1.23. The van der Waals surface area contributed by atoms with Crippen molar-refractivity contribution in [3.05, 3.63) is 87.9 Å². The van der Waals surface area contributed by atoms with Gasteiger partial charge in [-0.2, -0.15) is 5.26 Å². The van der Waals surface area contributed by atoms with Gasteiger partial charge in [-0.25, -0.2) is 9.18 Å². The number of nitriles is 1. The van der Waals surface area contributed by atoms with E-state index in [2.05, 4.69) is 16.7 Å². The molecular formula is C23H20FN3O3S. The number of amides is 1. The average molecular weight is 437 g/mol. The van der Waals surface area contributed by atoms with Crippen molar-refractivity contribution in [1.29, 1.82) is 5.26 Å². The van der Waals surface area contributed by atoms with Crippen LogP contribution in [0.3, 0.4) is 0 Å². The number of thioether (sulfide) groups is 1. The molecule has 31 heavy (non-hydrogen) atoms. The average Bonchev–Trinajstić information content (AvgIpc) is 2.77. The topological polar surface area (TPSA) is 91.2 Å².